The van der Waals surface area contributed by atoms with Crippen LogP contribution in [0.4, 0.5) is 0 Å². The van der Waals surface area contributed by atoms with Crippen molar-refractivity contribution in [2.75, 3.05) is 6.54 Å². The number of sulfonamides is 1. The van der Waals surface area contributed by atoms with Crippen molar-refractivity contribution in [1.82, 2.24) is 4.31 Å². The molecule has 180 valence electrons. The first kappa shape index (κ1) is 24.4. The molecule has 5 nitrogen and oxygen atoms in total. The van der Waals surface area contributed by atoms with Gasteiger partial charge in [-0.3, -0.25) is 4.79 Å². The zero-order valence-corrected chi connectivity index (χ0v) is 20.3. The van der Waals surface area contributed by atoms with Crippen LogP contribution in [0, 0.1) is 5.92 Å². The molecular formula is C28H33NO4S. The van der Waals surface area contributed by atoms with Gasteiger partial charge in [-0.2, -0.15) is 4.31 Å². The van der Waals surface area contributed by atoms with Crippen LogP contribution >= 0.6 is 0 Å². The van der Waals surface area contributed by atoms with E-state index in [9.17, 15) is 13.2 Å². The maximum absolute atomic E-state index is 13.4. The van der Waals surface area contributed by atoms with Crippen molar-refractivity contribution in [1.29, 1.82) is 0 Å². The van der Waals surface area contributed by atoms with Crippen LogP contribution in [0.2, 0.25) is 0 Å². The number of rotatable bonds is 9. The van der Waals surface area contributed by atoms with E-state index in [1.54, 1.807) is 12.1 Å². The van der Waals surface area contributed by atoms with Crippen molar-refractivity contribution < 1.29 is 17.9 Å². The molecule has 6 heteroatoms. The van der Waals surface area contributed by atoms with E-state index < -0.39 is 22.0 Å². The quantitative estimate of drug-likeness (QED) is 0.472. The summed E-state index contributed by atoms with van der Waals surface area (Å²) >= 11 is 0. The highest BCUT2D eigenvalue weighted by Crippen LogP contribution is 2.28. The maximum atomic E-state index is 13.4. The lowest BCUT2D eigenvalue weighted by Gasteiger charge is -2.35. The molecule has 3 atom stereocenters. The number of benzene rings is 2. The summed E-state index contributed by atoms with van der Waals surface area (Å²) in [7, 11) is -3.64. The van der Waals surface area contributed by atoms with E-state index in [1.807, 2.05) is 48.6 Å². The lowest BCUT2D eigenvalue weighted by Crippen LogP contribution is -2.50. The molecule has 1 heterocycles. The van der Waals surface area contributed by atoms with Gasteiger partial charge in [-0.25, -0.2) is 8.42 Å². The molecule has 0 saturated carbocycles. The Labute approximate surface area is 203 Å². The molecule has 0 spiro atoms. The monoisotopic (exact) mass is 479 g/mol. The summed E-state index contributed by atoms with van der Waals surface area (Å²) in [6.07, 6.45) is 12.3. The highest BCUT2D eigenvalue weighted by molar-refractivity contribution is 7.88. The molecule has 2 aromatic carbocycles. The molecule has 1 unspecified atom stereocenters. The highest BCUT2D eigenvalue weighted by Gasteiger charge is 2.39. The molecule has 34 heavy (non-hydrogen) atoms. The first-order chi connectivity index (χ1) is 16.5. The van der Waals surface area contributed by atoms with Gasteiger partial charge in [-0.15, -0.1) is 0 Å². The normalized spacial score (nSPS) is 21.8. The molecule has 1 aliphatic heterocycles. The number of nitrogens with zero attached hydrogens (tertiary/aromatic N) is 1. The van der Waals surface area contributed by atoms with Crippen molar-refractivity contribution in [3.63, 3.8) is 0 Å². The molecule has 0 radical (unpaired) electrons. The number of ether oxygens (including phenoxy) is 1. The third-order valence-corrected chi connectivity index (χ3v) is 8.44. The SMILES string of the molecule is O=C(O[C@H](CCc1ccccc1)C1C=CC=CC1)[C@@H]1CCCCN1S(=O)(=O)Cc1ccccc1. The maximum Gasteiger partial charge on any atom is 0.324 e. The van der Waals surface area contributed by atoms with Crippen molar-refractivity contribution in [2.45, 2.75) is 56.4 Å². The molecule has 0 aromatic heterocycles. The van der Waals surface area contributed by atoms with Crippen LogP contribution in [0.3, 0.4) is 0 Å². The predicted molar refractivity (Wildman–Crippen MR) is 134 cm³/mol. The van der Waals surface area contributed by atoms with E-state index in [0.717, 1.165) is 31.2 Å². The zero-order valence-electron chi connectivity index (χ0n) is 19.5. The van der Waals surface area contributed by atoms with Gasteiger partial charge in [0.15, 0.2) is 0 Å². The summed E-state index contributed by atoms with van der Waals surface area (Å²) in [6.45, 7) is 0.357. The fraction of sp³-hybridized carbons (Fsp3) is 0.393. The summed E-state index contributed by atoms with van der Waals surface area (Å²) in [5.74, 6) is -0.432. The lowest BCUT2D eigenvalue weighted by molar-refractivity contribution is -0.157. The standard InChI is InChI=1S/C28H33NO4S/c30-28(26-18-10-11-21-29(26)34(31,32)22-24-14-6-2-7-15-24)33-27(25-16-8-3-9-17-25)20-19-23-12-4-1-5-13-23/h1-9,12-16,25-27H,10-11,17-22H2/t25?,26-,27+/m0/s1. The van der Waals surface area contributed by atoms with Crippen LogP contribution in [0.1, 0.15) is 43.2 Å². The van der Waals surface area contributed by atoms with Crippen molar-refractivity contribution >= 4 is 16.0 Å². The van der Waals surface area contributed by atoms with Gasteiger partial charge in [0.1, 0.15) is 12.1 Å². The van der Waals surface area contributed by atoms with Crippen molar-refractivity contribution in [2.24, 2.45) is 5.92 Å². The number of carbonyl (C=O) groups excluding carboxylic acids is 1. The van der Waals surface area contributed by atoms with Crippen LogP contribution in [0.25, 0.3) is 0 Å². The smallest absolute Gasteiger partial charge is 0.324 e. The first-order valence-electron chi connectivity index (χ1n) is 12.1. The second-order valence-corrected chi connectivity index (χ2v) is 11.0. The van der Waals surface area contributed by atoms with E-state index in [0.29, 0.717) is 19.4 Å². The van der Waals surface area contributed by atoms with Gasteiger partial charge in [-0.1, -0.05) is 85.0 Å². The Balaban J connectivity index is 1.48. The number of aryl methyl sites for hydroxylation is 1. The Kier molecular flexibility index (Phi) is 8.35. The summed E-state index contributed by atoms with van der Waals surface area (Å²) in [6, 6.07) is 18.5. The molecule has 4 rings (SSSR count). The van der Waals surface area contributed by atoms with E-state index >= 15 is 0 Å². The minimum Gasteiger partial charge on any atom is -0.461 e. The Morgan fingerprint density at radius 3 is 2.35 bits per heavy atom. The second-order valence-electron chi connectivity index (χ2n) is 9.08. The number of esters is 1. The van der Waals surface area contributed by atoms with Crippen LogP contribution in [0.5, 0.6) is 0 Å². The molecule has 1 saturated heterocycles. The average Bonchev–Trinajstić information content (AvgIpc) is 2.88. The Morgan fingerprint density at radius 2 is 1.68 bits per heavy atom. The molecule has 2 aromatic rings. The van der Waals surface area contributed by atoms with Crippen LogP contribution in [-0.2, 0) is 31.7 Å². The largest absolute Gasteiger partial charge is 0.461 e. The molecule has 0 bridgehead atoms. The van der Waals surface area contributed by atoms with Crippen LogP contribution in [0.15, 0.2) is 85.0 Å². The average molecular weight is 480 g/mol. The van der Waals surface area contributed by atoms with Crippen LogP contribution < -0.4 is 0 Å². The number of hydrogen-bond donors (Lipinski definition) is 0. The minimum atomic E-state index is -3.64. The summed E-state index contributed by atoms with van der Waals surface area (Å²) in [5, 5.41) is 0. The Hall–Kier alpha value is -2.70. The fourth-order valence-electron chi connectivity index (χ4n) is 4.76. The number of allylic oxidation sites excluding steroid dienone is 3. The molecule has 1 aliphatic carbocycles. The van der Waals surface area contributed by atoms with Gasteiger partial charge in [0, 0.05) is 12.5 Å². The van der Waals surface area contributed by atoms with E-state index in [4.69, 9.17) is 4.74 Å². The lowest BCUT2D eigenvalue weighted by atomic mass is 9.90. The topological polar surface area (TPSA) is 63.7 Å². The Morgan fingerprint density at radius 1 is 0.971 bits per heavy atom. The molecule has 0 amide bonds. The zero-order chi connectivity index (χ0) is 23.8. The molecule has 2 aliphatic rings. The van der Waals surface area contributed by atoms with E-state index in [-0.39, 0.29) is 17.8 Å². The fourth-order valence-corrected chi connectivity index (χ4v) is 6.52. The number of hydrogen-bond acceptors (Lipinski definition) is 4. The summed E-state index contributed by atoms with van der Waals surface area (Å²) in [4.78, 5) is 13.4. The molecular weight excluding hydrogens is 446 g/mol. The van der Waals surface area contributed by atoms with Crippen molar-refractivity contribution in [3.05, 3.63) is 96.1 Å². The number of carbonyl (C=O) groups is 1. The van der Waals surface area contributed by atoms with Crippen molar-refractivity contribution in [3.8, 4) is 0 Å². The third kappa shape index (κ3) is 6.45. The molecule has 0 N–H and O–H groups in total. The van der Waals surface area contributed by atoms with Gasteiger partial charge < -0.3 is 4.74 Å². The predicted octanol–water partition coefficient (Wildman–Crippen LogP) is 5.05. The Bertz CT molecular complexity index is 1100. The molecule has 1 fully saturated rings. The van der Waals surface area contributed by atoms with E-state index in [2.05, 4.69) is 24.3 Å². The van der Waals surface area contributed by atoms with Gasteiger partial charge in [0.2, 0.25) is 10.0 Å². The van der Waals surface area contributed by atoms with Crippen LogP contribution in [-0.4, -0.2) is 37.4 Å². The van der Waals surface area contributed by atoms with E-state index in [1.165, 1.54) is 9.87 Å². The third-order valence-electron chi connectivity index (χ3n) is 6.59. The van der Waals surface area contributed by atoms with Gasteiger partial charge >= 0.3 is 5.97 Å². The van der Waals surface area contributed by atoms with Gasteiger partial charge in [0.05, 0.1) is 5.75 Å². The second kappa shape index (κ2) is 11.6. The summed E-state index contributed by atoms with van der Waals surface area (Å²) in [5.41, 5.74) is 1.92. The first-order valence-corrected chi connectivity index (χ1v) is 13.7. The van der Waals surface area contributed by atoms with Gasteiger partial charge in [0.25, 0.3) is 0 Å². The number of piperidine rings is 1. The highest BCUT2D eigenvalue weighted by atomic mass is 32.2. The minimum absolute atomic E-state index is 0.0932. The van der Waals surface area contributed by atoms with Gasteiger partial charge in [-0.05, 0) is 49.7 Å². The summed E-state index contributed by atoms with van der Waals surface area (Å²) < 4.78 is 34.0.